The van der Waals surface area contributed by atoms with Gasteiger partial charge in [-0.1, -0.05) is 12.2 Å². The molecule has 2 heterocycles. The van der Waals surface area contributed by atoms with E-state index in [1.54, 1.807) is 43.3 Å². The Labute approximate surface area is 177 Å². The van der Waals surface area contributed by atoms with Gasteiger partial charge in [0.25, 0.3) is 17.4 Å². The highest BCUT2D eigenvalue weighted by molar-refractivity contribution is 5.99. The molecule has 9 heteroatoms. The number of aromatic amines is 1. The van der Waals surface area contributed by atoms with Crippen LogP contribution in [0.25, 0.3) is 10.9 Å². The first-order chi connectivity index (χ1) is 14.8. The van der Waals surface area contributed by atoms with Gasteiger partial charge in [0.15, 0.2) is 0 Å². The second kappa shape index (κ2) is 9.49. The third-order valence-electron chi connectivity index (χ3n) is 4.42. The highest BCUT2D eigenvalue weighted by Gasteiger charge is 2.10. The molecule has 9 nitrogen and oxygen atoms in total. The molecule has 0 bridgehead atoms. The van der Waals surface area contributed by atoms with Gasteiger partial charge in [-0.05, 0) is 42.8 Å². The maximum atomic E-state index is 12.2. The Bertz CT molecular complexity index is 1250. The van der Waals surface area contributed by atoms with Gasteiger partial charge in [-0.25, -0.2) is 4.98 Å². The molecule has 0 radical (unpaired) electrons. The quantitative estimate of drug-likeness (QED) is 0.423. The van der Waals surface area contributed by atoms with Crippen molar-refractivity contribution in [3.8, 4) is 0 Å². The van der Waals surface area contributed by atoms with Crippen LogP contribution in [0.2, 0.25) is 0 Å². The monoisotopic (exact) mass is 419 g/mol. The van der Waals surface area contributed by atoms with Crippen molar-refractivity contribution in [1.82, 2.24) is 20.6 Å². The fourth-order valence-corrected chi connectivity index (χ4v) is 2.93. The van der Waals surface area contributed by atoms with E-state index in [-0.39, 0.29) is 41.5 Å². The number of nitrogens with two attached hydrogens (primary N) is 1. The molecule has 0 atom stereocenters. The van der Waals surface area contributed by atoms with Crippen molar-refractivity contribution in [1.29, 1.82) is 0 Å². The predicted octanol–water partition coefficient (Wildman–Crippen LogP) is 1.05. The summed E-state index contributed by atoms with van der Waals surface area (Å²) in [5, 5.41) is 5.99. The summed E-state index contributed by atoms with van der Waals surface area (Å²) in [6.45, 7) is 2.27. The van der Waals surface area contributed by atoms with Gasteiger partial charge in [-0.3, -0.25) is 19.2 Å². The van der Waals surface area contributed by atoms with Crippen molar-refractivity contribution in [2.45, 2.75) is 6.92 Å². The standard InChI is InChI=1S/C22H21N5O4/c1-13-8-15(19(23)28)11-16(9-13)20(29)24-5-2-3-6-25-21(30)17-10-14-4-7-26-22(31)18(14)27-12-17/h2-4,7-12H,5-6H2,1H3,(H2,23,28)(H,24,29)(H,25,30)(H,26,31)/b3-2-. The molecule has 0 aliphatic carbocycles. The number of benzene rings is 1. The van der Waals surface area contributed by atoms with Crippen LogP contribution >= 0.6 is 0 Å². The molecule has 3 aromatic rings. The third kappa shape index (κ3) is 5.41. The van der Waals surface area contributed by atoms with Gasteiger partial charge in [0.2, 0.25) is 5.91 Å². The van der Waals surface area contributed by atoms with E-state index in [1.165, 1.54) is 18.5 Å². The molecule has 31 heavy (non-hydrogen) atoms. The zero-order valence-electron chi connectivity index (χ0n) is 16.8. The summed E-state index contributed by atoms with van der Waals surface area (Å²) in [6, 6.07) is 7.99. The lowest BCUT2D eigenvalue weighted by Crippen LogP contribution is -2.25. The Morgan fingerprint density at radius 2 is 1.65 bits per heavy atom. The number of hydrogen-bond donors (Lipinski definition) is 4. The van der Waals surface area contributed by atoms with E-state index in [4.69, 9.17) is 5.73 Å². The zero-order valence-corrected chi connectivity index (χ0v) is 16.8. The van der Waals surface area contributed by atoms with Gasteiger partial charge in [0, 0.05) is 42.0 Å². The number of aryl methyl sites for hydroxylation is 1. The predicted molar refractivity (Wildman–Crippen MR) is 116 cm³/mol. The molecular weight excluding hydrogens is 398 g/mol. The van der Waals surface area contributed by atoms with Crippen molar-refractivity contribution in [3.05, 3.63) is 87.5 Å². The van der Waals surface area contributed by atoms with Crippen molar-refractivity contribution in [2.24, 2.45) is 5.73 Å². The van der Waals surface area contributed by atoms with Crippen LogP contribution in [0.4, 0.5) is 0 Å². The Hall–Kier alpha value is -4.27. The highest BCUT2D eigenvalue weighted by atomic mass is 16.2. The smallest absolute Gasteiger partial charge is 0.274 e. The Balaban J connectivity index is 1.49. The van der Waals surface area contributed by atoms with Crippen LogP contribution in [0.1, 0.15) is 36.6 Å². The number of carbonyl (C=O) groups is 3. The SMILES string of the molecule is Cc1cc(C(N)=O)cc(C(=O)NC/C=C\CNC(=O)c2cnc3c(=O)[nH]ccc3c2)c1. The van der Waals surface area contributed by atoms with Gasteiger partial charge in [0.1, 0.15) is 5.52 Å². The fourth-order valence-electron chi connectivity index (χ4n) is 2.93. The number of pyridine rings is 2. The number of primary amides is 1. The van der Waals surface area contributed by atoms with Crippen LogP contribution in [0.15, 0.2) is 59.7 Å². The molecule has 2 aromatic heterocycles. The third-order valence-corrected chi connectivity index (χ3v) is 4.42. The molecule has 0 unspecified atom stereocenters. The number of rotatable bonds is 7. The van der Waals surface area contributed by atoms with E-state index in [1.807, 2.05) is 0 Å². The number of amides is 3. The van der Waals surface area contributed by atoms with E-state index >= 15 is 0 Å². The number of H-pyrrole nitrogens is 1. The van der Waals surface area contributed by atoms with Crippen LogP contribution in [0.5, 0.6) is 0 Å². The lowest BCUT2D eigenvalue weighted by molar-refractivity contribution is 0.0948. The second-order valence-corrected chi connectivity index (χ2v) is 6.81. The van der Waals surface area contributed by atoms with Crippen LogP contribution in [0, 0.1) is 6.92 Å². The maximum absolute atomic E-state index is 12.2. The van der Waals surface area contributed by atoms with Gasteiger partial charge in [0.05, 0.1) is 5.56 Å². The topological polar surface area (TPSA) is 147 Å². The average molecular weight is 419 g/mol. The lowest BCUT2D eigenvalue weighted by Gasteiger charge is -2.06. The van der Waals surface area contributed by atoms with Crippen molar-refractivity contribution in [3.63, 3.8) is 0 Å². The molecule has 0 spiro atoms. The summed E-state index contributed by atoms with van der Waals surface area (Å²) < 4.78 is 0. The molecule has 0 aliphatic heterocycles. The molecule has 5 N–H and O–H groups in total. The minimum atomic E-state index is -0.596. The zero-order chi connectivity index (χ0) is 22.4. The largest absolute Gasteiger partial charge is 0.366 e. The Kier molecular flexibility index (Phi) is 6.56. The summed E-state index contributed by atoms with van der Waals surface area (Å²) in [6.07, 6.45) is 6.24. The average Bonchev–Trinajstić information content (AvgIpc) is 2.75. The molecule has 0 saturated heterocycles. The molecular formula is C22H21N5O4. The molecule has 0 aliphatic rings. The Morgan fingerprint density at radius 3 is 2.32 bits per heavy atom. The van der Waals surface area contributed by atoms with Crippen LogP contribution in [-0.4, -0.2) is 40.8 Å². The second-order valence-electron chi connectivity index (χ2n) is 6.81. The fraction of sp³-hybridized carbons (Fsp3) is 0.136. The number of aromatic nitrogens is 2. The highest BCUT2D eigenvalue weighted by Crippen LogP contribution is 2.10. The van der Waals surface area contributed by atoms with E-state index in [2.05, 4.69) is 20.6 Å². The first kappa shape index (κ1) is 21.4. The van der Waals surface area contributed by atoms with E-state index in [9.17, 15) is 19.2 Å². The molecule has 3 rings (SSSR count). The molecule has 0 saturated carbocycles. The molecule has 3 amide bonds. The summed E-state index contributed by atoms with van der Waals surface area (Å²) >= 11 is 0. The van der Waals surface area contributed by atoms with Crippen molar-refractivity contribution < 1.29 is 14.4 Å². The van der Waals surface area contributed by atoms with Gasteiger partial charge in [-0.2, -0.15) is 0 Å². The van der Waals surface area contributed by atoms with Gasteiger partial charge in [-0.15, -0.1) is 0 Å². The summed E-state index contributed by atoms with van der Waals surface area (Å²) in [7, 11) is 0. The van der Waals surface area contributed by atoms with Gasteiger partial charge < -0.3 is 21.4 Å². The number of hydrogen-bond acceptors (Lipinski definition) is 5. The first-order valence-corrected chi connectivity index (χ1v) is 9.45. The normalized spacial score (nSPS) is 10.9. The number of nitrogens with one attached hydrogen (secondary N) is 3. The van der Waals surface area contributed by atoms with Gasteiger partial charge >= 0.3 is 0 Å². The lowest BCUT2D eigenvalue weighted by atomic mass is 10.1. The molecule has 1 aromatic carbocycles. The van der Waals surface area contributed by atoms with E-state index in [0.717, 1.165) is 5.56 Å². The first-order valence-electron chi connectivity index (χ1n) is 9.45. The number of carbonyl (C=O) groups excluding carboxylic acids is 3. The maximum Gasteiger partial charge on any atom is 0.274 e. The van der Waals surface area contributed by atoms with E-state index < -0.39 is 5.91 Å². The summed E-state index contributed by atoms with van der Waals surface area (Å²) in [5.74, 6) is -1.26. The number of fused-ring (bicyclic) bond motifs is 1. The van der Waals surface area contributed by atoms with Crippen LogP contribution in [0.3, 0.4) is 0 Å². The van der Waals surface area contributed by atoms with Crippen LogP contribution < -0.4 is 21.9 Å². The molecule has 0 fully saturated rings. The minimum Gasteiger partial charge on any atom is -0.366 e. The summed E-state index contributed by atoms with van der Waals surface area (Å²) in [5.41, 5.74) is 6.94. The van der Waals surface area contributed by atoms with Crippen molar-refractivity contribution in [2.75, 3.05) is 13.1 Å². The summed E-state index contributed by atoms with van der Waals surface area (Å²) in [4.78, 5) is 54.0. The van der Waals surface area contributed by atoms with Crippen molar-refractivity contribution >= 4 is 28.6 Å². The molecule has 158 valence electrons. The van der Waals surface area contributed by atoms with Crippen LogP contribution in [-0.2, 0) is 0 Å². The Morgan fingerprint density at radius 1 is 1.00 bits per heavy atom. The van der Waals surface area contributed by atoms with E-state index in [0.29, 0.717) is 16.5 Å². The number of nitrogens with zero attached hydrogens (tertiary/aromatic N) is 1. The minimum absolute atomic E-state index is 0.245.